The highest BCUT2D eigenvalue weighted by Crippen LogP contribution is 2.24. The van der Waals surface area contributed by atoms with Gasteiger partial charge in [-0.15, -0.1) is 0 Å². The average molecular weight is 174 g/mol. The maximum absolute atomic E-state index is 7.94. The van der Waals surface area contributed by atoms with E-state index in [-0.39, 0.29) is 58.7 Å². The third-order valence-electron chi connectivity index (χ3n) is 1.95. The average Bonchev–Trinajstić information content (AvgIpc) is 2.80. The van der Waals surface area contributed by atoms with Crippen LogP contribution in [0.3, 0.4) is 0 Å². The fourth-order valence-electron chi connectivity index (χ4n) is 1.38. The largest absolute Gasteiger partial charge is 0.355 e. The van der Waals surface area contributed by atoms with Crippen LogP contribution < -0.4 is 0 Å². The molecule has 0 fully saturated rings. The summed E-state index contributed by atoms with van der Waals surface area (Å²) in [7, 11) is 0. The number of benzene rings is 2. The van der Waals surface area contributed by atoms with E-state index >= 15 is 0 Å². The Morgan fingerprint density at radius 2 is 1.54 bits per heavy atom. The summed E-state index contributed by atoms with van der Waals surface area (Å²) in [5.41, 5.74) is 0.456. The molecular formula is C12H9N. The summed E-state index contributed by atoms with van der Waals surface area (Å²) >= 11 is 0. The summed E-state index contributed by atoms with van der Waals surface area (Å²) in [4.78, 5) is 2.79. The van der Waals surface area contributed by atoms with Crippen LogP contribution in [-0.2, 0) is 0 Å². The van der Waals surface area contributed by atoms with Crippen LogP contribution in [0, 0.1) is 0 Å². The van der Waals surface area contributed by atoms with Gasteiger partial charge < -0.3 is 4.98 Å². The standard InChI is InChI=1S/C12H9N/c1-3-7-11-9(5-1)10-6-2-4-8-12(10)13-11/h1-8,13H/i1D,2D,3D,4D,5D,7D,8D. The minimum Gasteiger partial charge on any atom is -0.355 e. The molecule has 0 amide bonds. The topological polar surface area (TPSA) is 15.8 Å². The normalized spacial score (nSPS) is 18.6. The van der Waals surface area contributed by atoms with Crippen molar-refractivity contribution in [3.8, 4) is 0 Å². The van der Waals surface area contributed by atoms with Gasteiger partial charge in [0.25, 0.3) is 0 Å². The zero-order valence-electron chi connectivity index (χ0n) is 13.6. The Morgan fingerprint density at radius 1 is 0.846 bits per heavy atom. The van der Waals surface area contributed by atoms with Crippen LogP contribution in [0.15, 0.2) is 48.4 Å². The molecule has 0 aliphatic heterocycles. The van der Waals surface area contributed by atoms with E-state index < -0.39 is 0 Å². The van der Waals surface area contributed by atoms with Gasteiger partial charge in [-0.2, -0.15) is 0 Å². The summed E-state index contributed by atoms with van der Waals surface area (Å²) in [6.45, 7) is 0. The first kappa shape index (κ1) is 2.88. The number of aromatic nitrogens is 1. The van der Waals surface area contributed by atoms with Crippen molar-refractivity contribution in [1.82, 2.24) is 4.98 Å². The highest BCUT2D eigenvalue weighted by Gasteiger charge is 2.00. The van der Waals surface area contributed by atoms with Crippen molar-refractivity contribution < 1.29 is 9.60 Å². The monoisotopic (exact) mass is 174 g/mol. The Balaban J connectivity index is 2.67. The van der Waals surface area contributed by atoms with Gasteiger partial charge in [0.05, 0.1) is 9.60 Å². The molecule has 13 heavy (non-hydrogen) atoms. The minimum atomic E-state index is -0.351. The van der Waals surface area contributed by atoms with E-state index in [0.29, 0.717) is 5.39 Å². The number of para-hydroxylation sites is 2. The quantitative estimate of drug-likeness (QED) is 0.538. The molecule has 0 spiro atoms. The van der Waals surface area contributed by atoms with Crippen LogP contribution in [0.1, 0.15) is 9.60 Å². The molecule has 2 aromatic carbocycles. The second-order valence-corrected chi connectivity index (χ2v) is 2.70. The highest BCUT2D eigenvalue weighted by molar-refractivity contribution is 6.06. The molecule has 0 atom stereocenters. The van der Waals surface area contributed by atoms with Gasteiger partial charge in [-0.3, -0.25) is 0 Å². The van der Waals surface area contributed by atoms with Gasteiger partial charge in [-0.25, -0.2) is 0 Å². The van der Waals surface area contributed by atoms with Crippen molar-refractivity contribution in [2.24, 2.45) is 0 Å². The number of hydrogen-bond acceptors (Lipinski definition) is 0. The minimum absolute atomic E-state index is 0.143. The molecule has 1 aromatic heterocycles. The Labute approximate surface area is 85.8 Å². The first-order valence-electron chi connectivity index (χ1n) is 7.33. The fourth-order valence-corrected chi connectivity index (χ4v) is 1.38. The molecule has 1 heterocycles. The highest BCUT2D eigenvalue weighted by atomic mass is 14.7. The Kier molecular flexibility index (Phi) is 0.523. The molecule has 62 valence electrons. The van der Waals surface area contributed by atoms with Crippen LogP contribution in [0.25, 0.3) is 21.8 Å². The summed E-state index contributed by atoms with van der Waals surface area (Å²) in [6, 6.07) is -0.321. The predicted molar refractivity (Wildman–Crippen MR) is 55.8 cm³/mol. The van der Waals surface area contributed by atoms with E-state index in [0.717, 1.165) is 0 Å². The fraction of sp³-hybridized carbons (Fsp3) is 0. The van der Waals surface area contributed by atoms with Gasteiger partial charge in [0.1, 0.15) is 0 Å². The number of aromatic amines is 1. The number of H-pyrrole nitrogens is 1. The van der Waals surface area contributed by atoms with Crippen molar-refractivity contribution in [3.63, 3.8) is 0 Å². The van der Waals surface area contributed by atoms with E-state index in [1.807, 2.05) is 0 Å². The second-order valence-electron chi connectivity index (χ2n) is 2.70. The lowest BCUT2D eigenvalue weighted by Gasteiger charge is -1.87. The van der Waals surface area contributed by atoms with Gasteiger partial charge >= 0.3 is 0 Å². The zero-order valence-corrected chi connectivity index (χ0v) is 6.58. The van der Waals surface area contributed by atoms with E-state index in [9.17, 15) is 0 Å². The van der Waals surface area contributed by atoms with E-state index in [4.69, 9.17) is 9.60 Å². The molecule has 0 saturated heterocycles. The van der Waals surface area contributed by atoms with Crippen molar-refractivity contribution in [1.29, 1.82) is 0 Å². The van der Waals surface area contributed by atoms with Crippen molar-refractivity contribution in [2.75, 3.05) is 0 Å². The molecule has 0 unspecified atom stereocenters. The van der Waals surface area contributed by atoms with Gasteiger partial charge in [-0.05, 0) is 12.1 Å². The molecular weight excluding hydrogens is 158 g/mol. The van der Waals surface area contributed by atoms with Crippen LogP contribution >= 0.6 is 0 Å². The van der Waals surface area contributed by atoms with Crippen molar-refractivity contribution >= 4 is 21.8 Å². The number of hydrogen-bond donors (Lipinski definition) is 1. The summed E-state index contributed by atoms with van der Waals surface area (Å²) < 4.78 is 54.3. The van der Waals surface area contributed by atoms with Crippen LogP contribution in [0.4, 0.5) is 0 Å². The second kappa shape index (κ2) is 2.36. The molecule has 3 rings (SSSR count). The molecule has 1 heteroatoms. The molecule has 3 aromatic rings. The molecule has 1 nitrogen and oxygen atoms in total. The van der Waals surface area contributed by atoms with E-state index in [2.05, 4.69) is 4.98 Å². The maximum atomic E-state index is 7.94. The molecule has 0 aliphatic rings. The molecule has 1 N–H and O–H groups in total. The lowest BCUT2D eigenvalue weighted by Crippen LogP contribution is -1.62. The van der Waals surface area contributed by atoms with Gasteiger partial charge in [0.15, 0.2) is 0 Å². The lowest BCUT2D eigenvalue weighted by molar-refractivity contribution is 1.55. The summed E-state index contributed by atoms with van der Waals surface area (Å²) in [6.07, 6.45) is 0. The maximum Gasteiger partial charge on any atom is 0.0645 e. The summed E-state index contributed by atoms with van der Waals surface area (Å²) in [5.74, 6) is 0. The van der Waals surface area contributed by atoms with Gasteiger partial charge in [0, 0.05) is 21.8 Å². The number of rotatable bonds is 0. The van der Waals surface area contributed by atoms with Crippen LogP contribution in [-0.4, -0.2) is 4.98 Å². The zero-order chi connectivity index (χ0) is 14.8. The third kappa shape index (κ3) is 0.872. The first-order chi connectivity index (χ1) is 9.34. The van der Waals surface area contributed by atoms with Gasteiger partial charge in [0.2, 0.25) is 0 Å². The van der Waals surface area contributed by atoms with E-state index in [1.54, 1.807) is 0 Å². The van der Waals surface area contributed by atoms with Gasteiger partial charge in [-0.1, -0.05) is 36.3 Å². The number of nitrogens with one attached hydrogen (secondary N) is 1. The first-order valence-corrected chi connectivity index (χ1v) is 3.83. The Morgan fingerprint density at radius 3 is 2.46 bits per heavy atom. The van der Waals surface area contributed by atoms with Crippen LogP contribution in [0.5, 0.6) is 0 Å². The third-order valence-corrected chi connectivity index (χ3v) is 1.95. The molecule has 0 aliphatic carbocycles. The summed E-state index contributed by atoms with van der Waals surface area (Å²) in [5, 5.41) is 0.631. The Bertz CT molecular complexity index is 881. The molecule has 0 bridgehead atoms. The molecule has 0 saturated carbocycles. The SMILES string of the molecule is [2H]c1cc2c([nH]c3c([2H])c([2H])c([2H])c([2H])c32)c([2H])c1[2H]. The predicted octanol–water partition coefficient (Wildman–Crippen LogP) is 3.32. The smallest absolute Gasteiger partial charge is 0.0645 e. The number of fused-ring (bicyclic) bond motifs is 3. The van der Waals surface area contributed by atoms with E-state index in [1.165, 1.54) is 6.07 Å². The Hall–Kier alpha value is -1.76. The lowest BCUT2D eigenvalue weighted by atomic mass is 10.2. The van der Waals surface area contributed by atoms with Crippen molar-refractivity contribution in [3.05, 3.63) is 48.4 Å². The molecule has 0 radical (unpaired) electrons. The van der Waals surface area contributed by atoms with Crippen molar-refractivity contribution in [2.45, 2.75) is 0 Å². The van der Waals surface area contributed by atoms with Crippen LogP contribution in [0.2, 0.25) is 0 Å².